The van der Waals surface area contributed by atoms with Gasteiger partial charge in [0, 0.05) is 25.9 Å². The van der Waals surface area contributed by atoms with E-state index < -0.39 is 0 Å². The Morgan fingerprint density at radius 2 is 2.14 bits per heavy atom. The van der Waals surface area contributed by atoms with E-state index in [0.29, 0.717) is 5.41 Å². The van der Waals surface area contributed by atoms with Crippen molar-refractivity contribution in [3.05, 3.63) is 18.2 Å². The Kier molecular flexibility index (Phi) is 5.48. The second-order valence-corrected chi connectivity index (χ2v) is 8.14. The van der Waals surface area contributed by atoms with Gasteiger partial charge in [0.15, 0.2) is 0 Å². The summed E-state index contributed by atoms with van der Waals surface area (Å²) in [5.74, 6) is 3.53. The molecule has 0 aliphatic heterocycles. The molecule has 120 valence electrons. The van der Waals surface area contributed by atoms with E-state index in [1.54, 1.807) is 0 Å². The van der Waals surface area contributed by atoms with Gasteiger partial charge in [-0.15, -0.1) is 0 Å². The van der Waals surface area contributed by atoms with E-state index in [-0.39, 0.29) is 0 Å². The molecule has 1 saturated carbocycles. The minimum Gasteiger partial charge on any atom is -0.338 e. The number of hydrogen-bond acceptors (Lipinski definition) is 2. The molecule has 0 bridgehead atoms. The second kappa shape index (κ2) is 6.95. The van der Waals surface area contributed by atoms with Gasteiger partial charge in [0.2, 0.25) is 0 Å². The average molecular weight is 291 g/mol. The van der Waals surface area contributed by atoms with Crippen LogP contribution in [0.4, 0.5) is 0 Å². The van der Waals surface area contributed by atoms with E-state index in [0.717, 1.165) is 30.7 Å². The predicted octanol–water partition coefficient (Wildman–Crippen LogP) is 3.65. The summed E-state index contributed by atoms with van der Waals surface area (Å²) in [4.78, 5) is 4.54. The maximum Gasteiger partial charge on any atom is 0.108 e. The summed E-state index contributed by atoms with van der Waals surface area (Å²) in [6.07, 6.45) is 9.16. The first kappa shape index (κ1) is 16.5. The summed E-state index contributed by atoms with van der Waals surface area (Å²) in [5, 5.41) is 3.68. The predicted molar refractivity (Wildman–Crippen MR) is 89.2 cm³/mol. The number of aryl methyl sites for hydroxylation is 1. The van der Waals surface area contributed by atoms with Crippen LogP contribution in [0.1, 0.15) is 52.8 Å². The van der Waals surface area contributed by atoms with Crippen LogP contribution in [0.25, 0.3) is 0 Å². The van der Waals surface area contributed by atoms with E-state index in [1.165, 1.54) is 31.6 Å². The zero-order valence-corrected chi connectivity index (χ0v) is 14.5. The number of nitrogens with one attached hydrogen (secondary N) is 1. The van der Waals surface area contributed by atoms with Crippen molar-refractivity contribution in [2.45, 2.75) is 53.4 Å². The minimum atomic E-state index is 0.490. The fraction of sp³-hybridized carbons (Fsp3) is 0.833. The molecular weight excluding hydrogens is 258 g/mol. The molecule has 21 heavy (non-hydrogen) atoms. The molecular formula is C18H33N3. The second-order valence-electron chi connectivity index (χ2n) is 8.14. The summed E-state index contributed by atoms with van der Waals surface area (Å²) in [6, 6.07) is 0. The highest BCUT2D eigenvalue weighted by atomic mass is 15.0. The Bertz CT molecular complexity index is 433. The van der Waals surface area contributed by atoms with Gasteiger partial charge in [-0.25, -0.2) is 4.98 Å². The van der Waals surface area contributed by atoms with Crippen molar-refractivity contribution in [1.29, 1.82) is 0 Å². The highest BCUT2D eigenvalue weighted by Crippen LogP contribution is 2.42. The van der Waals surface area contributed by atoms with Crippen LogP contribution in [0.2, 0.25) is 0 Å². The zero-order chi connectivity index (χ0) is 15.5. The largest absolute Gasteiger partial charge is 0.338 e. The number of hydrogen-bond donors (Lipinski definition) is 1. The van der Waals surface area contributed by atoms with Gasteiger partial charge in [-0.2, -0.15) is 0 Å². The molecule has 3 heteroatoms. The molecule has 3 nitrogen and oxygen atoms in total. The van der Waals surface area contributed by atoms with Crippen molar-refractivity contribution in [3.8, 4) is 0 Å². The van der Waals surface area contributed by atoms with Gasteiger partial charge in [-0.05, 0) is 55.5 Å². The third-order valence-corrected chi connectivity index (χ3v) is 5.00. The molecule has 1 aliphatic rings. The van der Waals surface area contributed by atoms with Crippen LogP contribution >= 0.6 is 0 Å². The summed E-state index contributed by atoms with van der Waals surface area (Å²) in [5.41, 5.74) is 0.490. The van der Waals surface area contributed by atoms with Crippen molar-refractivity contribution >= 4 is 0 Å². The number of rotatable bonds is 6. The van der Waals surface area contributed by atoms with Crippen molar-refractivity contribution < 1.29 is 0 Å². The van der Waals surface area contributed by atoms with Crippen LogP contribution in [0.15, 0.2) is 12.4 Å². The minimum absolute atomic E-state index is 0.490. The molecule has 1 fully saturated rings. The Labute approximate surface area is 130 Å². The SMILES string of the molecule is CC(C)CNCC1CCC(C)(C)CC1Cc1nccn1C. The summed E-state index contributed by atoms with van der Waals surface area (Å²) >= 11 is 0. The Morgan fingerprint density at radius 1 is 1.38 bits per heavy atom. The van der Waals surface area contributed by atoms with Crippen molar-refractivity contribution in [2.75, 3.05) is 13.1 Å². The molecule has 1 aromatic heterocycles. The molecule has 0 amide bonds. The summed E-state index contributed by atoms with van der Waals surface area (Å²) < 4.78 is 2.18. The Morgan fingerprint density at radius 3 is 2.76 bits per heavy atom. The lowest BCUT2D eigenvalue weighted by atomic mass is 9.66. The van der Waals surface area contributed by atoms with Crippen molar-refractivity contribution in [2.24, 2.45) is 30.2 Å². The number of imidazole rings is 1. The molecule has 0 radical (unpaired) electrons. The topological polar surface area (TPSA) is 29.9 Å². The molecule has 0 saturated heterocycles. The van der Waals surface area contributed by atoms with Crippen LogP contribution < -0.4 is 5.32 Å². The summed E-state index contributed by atoms with van der Waals surface area (Å²) in [7, 11) is 2.11. The number of nitrogens with zero attached hydrogens (tertiary/aromatic N) is 2. The van der Waals surface area contributed by atoms with E-state index in [4.69, 9.17) is 0 Å². The lowest BCUT2D eigenvalue weighted by Gasteiger charge is -2.41. The molecule has 2 rings (SSSR count). The van der Waals surface area contributed by atoms with Crippen LogP contribution in [0.5, 0.6) is 0 Å². The molecule has 2 unspecified atom stereocenters. The van der Waals surface area contributed by atoms with E-state index in [9.17, 15) is 0 Å². The first-order chi connectivity index (χ1) is 9.87. The molecule has 2 atom stereocenters. The van der Waals surface area contributed by atoms with Gasteiger partial charge < -0.3 is 9.88 Å². The highest BCUT2D eigenvalue weighted by molar-refractivity contribution is 4.97. The van der Waals surface area contributed by atoms with Crippen LogP contribution in [0.3, 0.4) is 0 Å². The normalized spacial score (nSPS) is 25.4. The van der Waals surface area contributed by atoms with Crippen LogP contribution in [-0.4, -0.2) is 22.6 Å². The van der Waals surface area contributed by atoms with Gasteiger partial charge in [0.1, 0.15) is 5.82 Å². The monoisotopic (exact) mass is 291 g/mol. The van der Waals surface area contributed by atoms with E-state index >= 15 is 0 Å². The molecule has 0 aromatic carbocycles. The molecule has 1 aromatic rings. The Balaban J connectivity index is 1.98. The molecule has 0 spiro atoms. The lowest BCUT2D eigenvalue weighted by Crippen LogP contribution is -2.38. The first-order valence-corrected chi connectivity index (χ1v) is 8.54. The smallest absolute Gasteiger partial charge is 0.108 e. The number of aromatic nitrogens is 2. The zero-order valence-electron chi connectivity index (χ0n) is 14.5. The quantitative estimate of drug-likeness (QED) is 0.867. The molecule has 1 N–H and O–H groups in total. The van der Waals surface area contributed by atoms with Crippen molar-refractivity contribution in [3.63, 3.8) is 0 Å². The van der Waals surface area contributed by atoms with E-state index in [2.05, 4.69) is 55.8 Å². The van der Waals surface area contributed by atoms with Crippen LogP contribution in [0, 0.1) is 23.2 Å². The van der Waals surface area contributed by atoms with Crippen molar-refractivity contribution in [1.82, 2.24) is 14.9 Å². The standard InChI is InChI=1S/C18H33N3/c1-14(2)12-19-13-15-6-7-18(3,4)11-16(15)10-17-20-8-9-21(17)5/h8-9,14-16,19H,6-7,10-13H2,1-5H3. The summed E-state index contributed by atoms with van der Waals surface area (Å²) in [6.45, 7) is 11.7. The van der Waals surface area contributed by atoms with E-state index in [1.807, 2.05) is 6.20 Å². The van der Waals surface area contributed by atoms with Crippen LogP contribution in [-0.2, 0) is 13.5 Å². The van der Waals surface area contributed by atoms with Gasteiger partial charge in [-0.1, -0.05) is 27.7 Å². The highest BCUT2D eigenvalue weighted by Gasteiger charge is 2.35. The van der Waals surface area contributed by atoms with Gasteiger partial charge in [0.05, 0.1) is 0 Å². The molecule has 1 aliphatic carbocycles. The lowest BCUT2D eigenvalue weighted by molar-refractivity contribution is 0.113. The molecule has 1 heterocycles. The van der Waals surface area contributed by atoms with Gasteiger partial charge >= 0.3 is 0 Å². The van der Waals surface area contributed by atoms with Gasteiger partial charge in [0.25, 0.3) is 0 Å². The Hall–Kier alpha value is -0.830. The average Bonchev–Trinajstić information content (AvgIpc) is 2.77. The maximum atomic E-state index is 4.54. The van der Waals surface area contributed by atoms with Gasteiger partial charge in [-0.3, -0.25) is 0 Å². The fourth-order valence-electron chi connectivity index (χ4n) is 3.68. The first-order valence-electron chi connectivity index (χ1n) is 8.54. The maximum absolute atomic E-state index is 4.54. The third kappa shape index (κ3) is 4.84. The fourth-order valence-corrected chi connectivity index (χ4v) is 3.68. The third-order valence-electron chi connectivity index (χ3n) is 5.00.